The first-order valence-corrected chi connectivity index (χ1v) is 11.6. The van der Waals surface area contributed by atoms with Crippen LogP contribution in [0.4, 0.5) is 17.6 Å². The Kier molecular flexibility index (Phi) is 5.90. The standard InChI is InChI=1S/C25H28N6S/c1-18(19-9-3-2-4-10-19)26-25(32)29-24-27-22(30-13-7-8-14-30)15-23(28-24)31-16-20-11-5-6-12-21(20)17-31/h2-6,9-12,15,18H,7-8,13-14,16-17H2,1H3,(H2,26,27,28,29,32). The van der Waals surface area contributed by atoms with Crippen LogP contribution in [-0.2, 0) is 13.1 Å². The summed E-state index contributed by atoms with van der Waals surface area (Å²) in [6.45, 7) is 5.88. The second kappa shape index (κ2) is 9.12. The third kappa shape index (κ3) is 4.53. The molecule has 6 nitrogen and oxygen atoms in total. The van der Waals surface area contributed by atoms with E-state index in [2.05, 4.69) is 69.8 Å². The molecular weight excluding hydrogens is 416 g/mol. The molecule has 164 valence electrons. The number of anilines is 3. The van der Waals surface area contributed by atoms with Gasteiger partial charge in [-0.05, 0) is 48.7 Å². The highest BCUT2D eigenvalue weighted by molar-refractivity contribution is 7.80. The summed E-state index contributed by atoms with van der Waals surface area (Å²) < 4.78 is 0. The minimum Gasteiger partial charge on any atom is -0.356 e. The molecular formula is C25H28N6S. The van der Waals surface area contributed by atoms with Crippen molar-refractivity contribution in [3.8, 4) is 0 Å². The quantitative estimate of drug-likeness (QED) is 0.556. The molecule has 1 fully saturated rings. The largest absolute Gasteiger partial charge is 0.356 e. The number of aromatic nitrogens is 2. The number of nitrogens with zero attached hydrogens (tertiary/aromatic N) is 4. The molecule has 1 atom stereocenters. The molecule has 0 aliphatic carbocycles. The molecule has 0 radical (unpaired) electrons. The lowest BCUT2D eigenvalue weighted by Crippen LogP contribution is -2.32. The van der Waals surface area contributed by atoms with E-state index >= 15 is 0 Å². The van der Waals surface area contributed by atoms with Crippen LogP contribution in [-0.4, -0.2) is 28.2 Å². The Morgan fingerprint density at radius 3 is 2.12 bits per heavy atom. The van der Waals surface area contributed by atoms with Gasteiger partial charge in [-0.3, -0.25) is 0 Å². The number of rotatable bonds is 5. The van der Waals surface area contributed by atoms with Crippen molar-refractivity contribution in [3.63, 3.8) is 0 Å². The van der Waals surface area contributed by atoms with E-state index in [0.717, 1.165) is 37.8 Å². The highest BCUT2D eigenvalue weighted by Crippen LogP contribution is 2.30. The number of nitrogens with one attached hydrogen (secondary N) is 2. The lowest BCUT2D eigenvalue weighted by atomic mass is 10.1. The molecule has 32 heavy (non-hydrogen) atoms. The third-order valence-electron chi connectivity index (χ3n) is 6.17. The Morgan fingerprint density at radius 1 is 0.875 bits per heavy atom. The maximum Gasteiger partial charge on any atom is 0.232 e. The van der Waals surface area contributed by atoms with Crippen molar-refractivity contribution < 1.29 is 0 Å². The summed E-state index contributed by atoms with van der Waals surface area (Å²) in [6.07, 6.45) is 2.40. The van der Waals surface area contributed by atoms with Gasteiger partial charge in [-0.25, -0.2) is 0 Å². The normalized spacial score (nSPS) is 16.0. The monoisotopic (exact) mass is 444 g/mol. The van der Waals surface area contributed by atoms with Crippen molar-refractivity contribution in [2.45, 2.75) is 38.9 Å². The van der Waals surface area contributed by atoms with Crippen LogP contribution in [0.1, 0.15) is 42.5 Å². The minimum atomic E-state index is 0.0884. The van der Waals surface area contributed by atoms with Gasteiger partial charge >= 0.3 is 0 Å². The smallest absolute Gasteiger partial charge is 0.232 e. The highest BCUT2D eigenvalue weighted by atomic mass is 32.1. The van der Waals surface area contributed by atoms with Crippen LogP contribution in [0.2, 0.25) is 0 Å². The molecule has 5 rings (SSSR count). The zero-order valence-electron chi connectivity index (χ0n) is 18.3. The number of hydrogen-bond donors (Lipinski definition) is 2. The van der Waals surface area contributed by atoms with Gasteiger partial charge in [-0.2, -0.15) is 9.97 Å². The van der Waals surface area contributed by atoms with Crippen LogP contribution in [0.15, 0.2) is 60.7 Å². The molecule has 7 heteroatoms. The Balaban J connectivity index is 1.36. The summed E-state index contributed by atoms with van der Waals surface area (Å²) in [7, 11) is 0. The Hall–Kier alpha value is -3.19. The average molecular weight is 445 g/mol. The van der Waals surface area contributed by atoms with Crippen LogP contribution in [0.3, 0.4) is 0 Å². The van der Waals surface area contributed by atoms with Crippen molar-refractivity contribution >= 4 is 34.9 Å². The zero-order chi connectivity index (χ0) is 21.9. The summed E-state index contributed by atoms with van der Waals surface area (Å²) in [5, 5.41) is 7.11. The molecule has 2 aromatic carbocycles. The topological polar surface area (TPSA) is 56.3 Å². The van der Waals surface area contributed by atoms with Gasteiger partial charge in [0.05, 0.1) is 6.04 Å². The fourth-order valence-electron chi connectivity index (χ4n) is 4.40. The molecule has 0 spiro atoms. The van der Waals surface area contributed by atoms with Gasteiger partial charge in [0.2, 0.25) is 5.95 Å². The first-order chi connectivity index (χ1) is 15.7. The summed E-state index contributed by atoms with van der Waals surface area (Å²) >= 11 is 5.60. The van der Waals surface area contributed by atoms with E-state index in [1.54, 1.807) is 0 Å². The van der Waals surface area contributed by atoms with Gasteiger partial charge in [0.1, 0.15) is 11.6 Å². The Bertz CT molecular complexity index is 1070. The molecule has 3 heterocycles. The molecule has 0 amide bonds. The van der Waals surface area contributed by atoms with Crippen molar-refractivity contribution in [1.29, 1.82) is 0 Å². The summed E-state index contributed by atoms with van der Waals surface area (Å²) in [5.41, 5.74) is 3.90. The first kappa shape index (κ1) is 20.7. The van der Waals surface area contributed by atoms with Gasteiger partial charge in [0.25, 0.3) is 0 Å². The number of hydrogen-bond acceptors (Lipinski definition) is 5. The van der Waals surface area contributed by atoms with Crippen molar-refractivity contribution in [3.05, 3.63) is 77.4 Å². The van der Waals surface area contributed by atoms with E-state index in [4.69, 9.17) is 22.2 Å². The molecule has 0 bridgehead atoms. The van der Waals surface area contributed by atoms with E-state index in [0.29, 0.717) is 11.1 Å². The molecule has 2 N–H and O–H groups in total. The van der Waals surface area contributed by atoms with Crippen molar-refractivity contribution in [2.24, 2.45) is 0 Å². The molecule has 0 saturated carbocycles. The summed E-state index contributed by atoms with van der Waals surface area (Å²) in [4.78, 5) is 14.3. The average Bonchev–Trinajstić information content (AvgIpc) is 3.49. The van der Waals surface area contributed by atoms with Crippen LogP contribution in [0, 0.1) is 0 Å². The molecule has 1 saturated heterocycles. The SMILES string of the molecule is CC(NC(=S)Nc1nc(N2CCCC2)cc(N2Cc3ccccc3C2)n1)c1ccccc1. The van der Waals surface area contributed by atoms with Gasteiger partial charge < -0.3 is 20.4 Å². The lowest BCUT2D eigenvalue weighted by molar-refractivity contribution is 0.722. The van der Waals surface area contributed by atoms with Crippen LogP contribution < -0.4 is 20.4 Å². The van der Waals surface area contributed by atoms with E-state index < -0.39 is 0 Å². The molecule has 3 aromatic rings. The predicted molar refractivity (Wildman–Crippen MR) is 134 cm³/mol. The van der Waals surface area contributed by atoms with E-state index in [1.165, 1.54) is 29.5 Å². The van der Waals surface area contributed by atoms with E-state index in [1.807, 2.05) is 18.2 Å². The minimum absolute atomic E-state index is 0.0884. The third-order valence-corrected chi connectivity index (χ3v) is 6.39. The predicted octanol–water partition coefficient (Wildman–Crippen LogP) is 4.64. The number of fused-ring (bicyclic) bond motifs is 1. The van der Waals surface area contributed by atoms with Crippen LogP contribution in [0.5, 0.6) is 0 Å². The second-order valence-corrected chi connectivity index (χ2v) is 8.87. The van der Waals surface area contributed by atoms with Gasteiger partial charge in [-0.15, -0.1) is 0 Å². The molecule has 1 unspecified atom stereocenters. The second-order valence-electron chi connectivity index (χ2n) is 8.46. The van der Waals surface area contributed by atoms with E-state index in [9.17, 15) is 0 Å². The Labute approximate surface area is 194 Å². The number of benzene rings is 2. The molecule has 1 aromatic heterocycles. The fourth-order valence-corrected chi connectivity index (χ4v) is 4.67. The fraction of sp³-hybridized carbons (Fsp3) is 0.320. The highest BCUT2D eigenvalue weighted by Gasteiger charge is 2.23. The maximum absolute atomic E-state index is 5.60. The lowest BCUT2D eigenvalue weighted by Gasteiger charge is -2.23. The first-order valence-electron chi connectivity index (χ1n) is 11.2. The Morgan fingerprint density at radius 2 is 1.47 bits per heavy atom. The van der Waals surface area contributed by atoms with Gasteiger partial charge in [0, 0.05) is 32.2 Å². The maximum atomic E-state index is 5.60. The van der Waals surface area contributed by atoms with Crippen LogP contribution >= 0.6 is 12.2 Å². The number of thiocarbonyl (C=S) groups is 1. The van der Waals surface area contributed by atoms with Gasteiger partial charge in [-0.1, -0.05) is 54.6 Å². The van der Waals surface area contributed by atoms with Crippen molar-refractivity contribution in [1.82, 2.24) is 15.3 Å². The van der Waals surface area contributed by atoms with Crippen LogP contribution in [0.25, 0.3) is 0 Å². The summed E-state index contributed by atoms with van der Waals surface area (Å²) in [5.74, 6) is 2.43. The molecule has 2 aliphatic heterocycles. The van der Waals surface area contributed by atoms with Gasteiger partial charge in [0.15, 0.2) is 5.11 Å². The van der Waals surface area contributed by atoms with Crippen molar-refractivity contribution in [2.75, 3.05) is 28.2 Å². The molecule has 2 aliphatic rings. The summed E-state index contributed by atoms with van der Waals surface area (Å²) in [6, 6.07) is 21.1. The zero-order valence-corrected chi connectivity index (χ0v) is 19.1. The van der Waals surface area contributed by atoms with E-state index in [-0.39, 0.29) is 6.04 Å².